The molecule has 0 N–H and O–H groups in total. The molecule has 0 heterocycles. The Morgan fingerprint density at radius 3 is 2.57 bits per heavy atom. The van der Waals surface area contributed by atoms with Crippen molar-refractivity contribution in [3.63, 3.8) is 0 Å². The van der Waals surface area contributed by atoms with Crippen LogP contribution in [-0.4, -0.2) is 42.0 Å². The minimum atomic E-state index is -1.15. The van der Waals surface area contributed by atoms with Crippen LogP contribution in [0.5, 0.6) is 0 Å². The largest absolute Gasteiger partial charge is 0.468 e. The van der Waals surface area contributed by atoms with Gasteiger partial charge in [-0.3, -0.25) is 9.00 Å². The number of esters is 1. The number of hydrogen-bond acceptors (Lipinski definition) is 4. The summed E-state index contributed by atoms with van der Waals surface area (Å²) >= 11 is 0. The summed E-state index contributed by atoms with van der Waals surface area (Å²) in [6.45, 7) is 0.423. The predicted molar refractivity (Wildman–Crippen MR) is 53.4 cm³/mol. The van der Waals surface area contributed by atoms with Crippen LogP contribution in [0.25, 0.3) is 0 Å². The zero-order chi connectivity index (χ0) is 10.6. The molecule has 1 fully saturated rings. The summed E-state index contributed by atoms with van der Waals surface area (Å²) in [4.78, 5) is 11.3. The monoisotopic (exact) mass is 220 g/mol. The van der Waals surface area contributed by atoms with Crippen LogP contribution < -0.4 is 0 Å². The van der Waals surface area contributed by atoms with Gasteiger partial charge in [0.1, 0.15) is 5.25 Å². The van der Waals surface area contributed by atoms with E-state index in [1.54, 1.807) is 7.11 Å². The first kappa shape index (κ1) is 11.7. The number of carbonyl (C=O) groups excluding carboxylic acids is 1. The lowest BCUT2D eigenvalue weighted by molar-refractivity contribution is -0.140. The summed E-state index contributed by atoms with van der Waals surface area (Å²) in [5, 5.41) is -0.435. The van der Waals surface area contributed by atoms with E-state index in [1.165, 1.54) is 7.11 Å². The maximum absolute atomic E-state index is 11.7. The quantitative estimate of drug-likeness (QED) is 0.605. The lowest BCUT2D eigenvalue weighted by atomic mass is 10.3. The molecule has 5 heteroatoms. The molecule has 2 unspecified atom stereocenters. The fraction of sp³-hybridized carbons (Fsp3) is 0.889. The van der Waals surface area contributed by atoms with Crippen LogP contribution in [0.4, 0.5) is 0 Å². The lowest BCUT2D eigenvalue weighted by Crippen LogP contribution is -2.31. The van der Waals surface area contributed by atoms with Crippen molar-refractivity contribution in [2.75, 3.05) is 26.6 Å². The Kier molecular flexibility index (Phi) is 4.54. The highest BCUT2D eigenvalue weighted by Crippen LogP contribution is 2.35. The molecule has 1 aliphatic carbocycles. The highest BCUT2D eigenvalue weighted by atomic mass is 32.2. The van der Waals surface area contributed by atoms with Crippen molar-refractivity contribution in [3.05, 3.63) is 0 Å². The summed E-state index contributed by atoms with van der Waals surface area (Å²) in [5.41, 5.74) is 0. The van der Waals surface area contributed by atoms with Crippen molar-refractivity contribution < 1.29 is 18.5 Å². The predicted octanol–water partition coefficient (Wildman–Crippen LogP) is 0.333. The molecule has 4 nitrogen and oxygen atoms in total. The van der Waals surface area contributed by atoms with Gasteiger partial charge in [-0.15, -0.1) is 0 Å². The maximum Gasteiger partial charge on any atom is 0.321 e. The van der Waals surface area contributed by atoms with E-state index in [2.05, 4.69) is 4.74 Å². The number of rotatable bonds is 6. The Hall–Kier alpha value is -0.420. The minimum Gasteiger partial charge on any atom is -0.468 e. The molecule has 82 valence electrons. The molecule has 0 aromatic rings. The van der Waals surface area contributed by atoms with Crippen LogP contribution in [0, 0.1) is 5.92 Å². The smallest absolute Gasteiger partial charge is 0.321 e. The van der Waals surface area contributed by atoms with Crippen molar-refractivity contribution in [2.24, 2.45) is 5.92 Å². The first-order chi connectivity index (χ1) is 6.70. The second kappa shape index (κ2) is 5.46. The Balaban J connectivity index is 2.49. The molecule has 0 amide bonds. The van der Waals surface area contributed by atoms with E-state index in [-0.39, 0.29) is 11.9 Å². The van der Waals surface area contributed by atoms with Crippen molar-refractivity contribution in [1.29, 1.82) is 0 Å². The normalized spacial score (nSPS) is 20.1. The van der Waals surface area contributed by atoms with Gasteiger partial charge in [-0.05, 0) is 18.8 Å². The fourth-order valence-corrected chi connectivity index (χ4v) is 2.92. The highest BCUT2D eigenvalue weighted by Gasteiger charge is 2.40. The molecule has 2 atom stereocenters. The average Bonchev–Trinajstić information content (AvgIpc) is 2.98. The second-order valence-corrected chi connectivity index (χ2v) is 5.04. The van der Waals surface area contributed by atoms with Crippen LogP contribution in [-0.2, 0) is 25.1 Å². The third-order valence-corrected chi connectivity index (χ3v) is 3.97. The van der Waals surface area contributed by atoms with Crippen LogP contribution in [0.2, 0.25) is 0 Å². The van der Waals surface area contributed by atoms with Gasteiger partial charge in [-0.25, -0.2) is 0 Å². The van der Waals surface area contributed by atoms with Crippen LogP contribution >= 0.6 is 0 Å². The van der Waals surface area contributed by atoms with Crippen molar-refractivity contribution in [2.45, 2.75) is 18.1 Å². The standard InChI is InChI=1S/C9H16O4S/c1-12-5-6-14(11)8(7-3-4-7)9(10)13-2/h7-8H,3-6H2,1-2H3. The van der Waals surface area contributed by atoms with Gasteiger partial charge in [-0.1, -0.05) is 0 Å². The molecule has 1 rings (SSSR count). The topological polar surface area (TPSA) is 52.6 Å². The summed E-state index contributed by atoms with van der Waals surface area (Å²) in [6, 6.07) is 0. The van der Waals surface area contributed by atoms with E-state index in [4.69, 9.17) is 4.74 Å². The van der Waals surface area contributed by atoms with Crippen LogP contribution in [0.1, 0.15) is 12.8 Å². The van der Waals surface area contributed by atoms with Gasteiger partial charge in [-0.2, -0.15) is 0 Å². The molecule has 0 aromatic heterocycles. The van der Waals surface area contributed by atoms with E-state index in [0.717, 1.165) is 12.8 Å². The van der Waals surface area contributed by atoms with E-state index in [9.17, 15) is 9.00 Å². The summed E-state index contributed by atoms with van der Waals surface area (Å²) in [5.74, 6) is 0.328. The minimum absolute atomic E-state index is 0.264. The molecule has 0 aliphatic heterocycles. The van der Waals surface area contributed by atoms with E-state index in [1.807, 2.05) is 0 Å². The molecule has 1 aliphatic rings. The summed E-state index contributed by atoms with van der Waals surface area (Å²) in [6.07, 6.45) is 1.97. The first-order valence-corrected chi connectivity index (χ1v) is 6.03. The van der Waals surface area contributed by atoms with Crippen LogP contribution in [0.3, 0.4) is 0 Å². The van der Waals surface area contributed by atoms with Gasteiger partial charge in [0.25, 0.3) is 0 Å². The average molecular weight is 220 g/mol. The molecular weight excluding hydrogens is 204 g/mol. The van der Waals surface area contributed by atoms with E-state index < -0.39 is 16.0 Å². The zero-order valence-electron chi connectivity index (χ0n) is 8.52. The number of methoxy groups -OCH3 is 2. The van der Waals surface area contributed by atoms with Crippen molar-refractivity contribution in [1.82, 2.24) is 0 Å². The Labute approximate surface area is 86.4 Å². The Bertz CT molecular complexity index is 225. The molecule has 0 bridgehead atoms. The van der Waals surface area contributed by atoms with Crippen molar-refractivity contribution in [3.8, 4) is 0 Å². The van der Waals surface area contributed by atoms with Gasteiger partial charge >= 0.3 is 5.97 Å². The Morgan fingerprint density at radius 2 is 2.14 bits per heavy atom. The number of hydrogen-bond donors (Lipinski definition) is 0. The zero-order valence-corrected chi connectivity index (χ0v) is 9.34. The first-order valence-electron chi connectivity index (χ1n) is 4.64. The van der Waals surface area contributed by atoms with Gasteiger partial charge in [0.05, 0.1) is 13.7 Å². The summed E-state index contributed by atoms with van der Waals surface area (Å²) < 4.78 is 21.2. The Morgan fingerprint density at radius 1 is 1.50 bits per heavy atom. The molecule has 0 aromatic carbocycles. The fourth-order valence-electron chi connectivity index (χ4n) is 1.32. The third-order valence-electron chi connectivity index (χ3n) is 2.26. The van der Waals surface area contributed by atoms with Gasteiger partial charge in [0, 0.05) is 23.7 Å². The molecule has 14 heavy (non-hydrogen) atoms. The molecule has 0 spiro atoms. The molecule has 0 saturated heterocycles. The second-order valence-electron chi connectivity index (χ2n) is 3.36. The van der Waals surface area contributed by atoms with Gasteiger partial charge < -0.3 is 9.47 Å². The number of carbonyl (C=O) groups is 1. The molecule has 1 saturated carbocycles. The van der Waals surface area contributed by atoms with Gasteiger partial charge in [0.15, 0.2) is 0 Å². The summed E-state index contributed by atoms with van der Waals surface area (Å²) in [7, 11) is 1.74. The molecular formula is C9H16O4S. The van der Waals surface area contributed by atoms with Crippen molar-refractivity contribution >= 4 is 16.8 Å². The van der Waals surface area contributed by atoms with E-state index >= 15 is 0 Å². The van der Waals surface area contributed by atoms with Gasteiger partial charge in [0.2, 0.25) is 0 Å². The number of ether oxygens (including phenoxy) is 2. The lowest BCUT2D eigenvalue weighted by Gasteiger charge is -2.12. The maximum atomic E-state index is 11.7. The van der Waals surface area contributed by atoms with E-state index in [0.29, 0.717) is 12.4 Å². The SMILES string of the molecule is COCCS(=O)C(C(=O)OC)C1CC1. The van der Waals surface area contributed by atoms with Crippen LogP contribution in [0.15, 0.2) is 0 Å². The molecule has 0 radical (unpaired) electrons. The third kappa shape index (κ3) is 3.06. The highest BCUT2D eigenvalue weighted by molar-refractivity contribution is 7.86.